The van der Waals surface area contributed by atoms with E-state index in [2.05, 4.69) is 99.4 Å². The molecule has 0 radical (unpaired) electrons. The molecule has 0 saturated carbocycles. The van der Waals surface area contributed by atoms with E-state index in [-0.39, 0.29) is 5.41 Å². The molecule has 0 N–H and O–H groups in total. The molecule has 0 bridgehead atoms. The van der Waals surface area contributed by atoms with Crippen LogP contribution in [0.1, 0.15) is 50.3 Å². The molecule has 0 saturated heterocycles. The van der Waals surface area contributed by atoms with Crippen LogP contribution in [0.25, 0.3) is 44.3 Å². The van der Waals surface area contributed by atoms with E-state index in [1.54, 1.807) is 0 Å². The minimum Gasteiger partial charge on any atom is -0.455 e. The van der Waals surface area contributed by atoms with Gasteiger partial charge in [0.05, 0.1) is 5.69 Å². The average molecular weight is 404 g/mol. The number of hydrogen-bond donors (Lipinski definition) is 0. The van der Waals surface area contributed by atoms with Gasteiger partial charge in [-0.15, -0.1) is 0 Å². The number of aromatic nitrogens is 1. The maximum absolute atomic E-state index is 6.51. The molecule has 0 unspecified atom stereocenters. The molecule has 3 aromatic carbocycles. The summed E-state index contributed by atoms with van der Waals surface area (Å²) in [6.07, 6.45) is 1.90. The van der Waals surface area contributed by atoms with E-state index in [1.807, 2.05) is 6.20 Å². The number of hydrogen-bond acceptors (Lipinski definition) is 2. The zero-order valence-corrected chi connectivity index (χ0v) is 18.4. The second-order valence-electron chi connectivity index (χ2n) is 9.48. The van der Waals surface area contributed by atoms with Crippen LogP contribution < -0.4 is 0 Å². The number of pyridine rings is 1. The lowest BCUT2D eigenvalue weighted by atomic mass is 9.82. The lowest BCUT2D eigenvalue weighted by Gasteiger charge is -2.21. The Bertz CT molecular complexity index is 1490. The quantitative estimate of drug-likeness (QED) is 0.298. The SMILES string of the molecule is CC(C)c1ccnc(-c2cccc3c2oc2cc4c(cc23)C(C)(C)c2ccccc2-4)c1. The normalized spacial score (nSPS) is 14.4. The Morgan fingerprint density at radius 3 is 2.42 bits per heavy atom. The van der Waals surface area contributed by atoms with Crippen LogP contribution >= 0.6 is 0 Å². The second-order valence-corrected chi connectivity index (χ2v) is 9.48. The van der Waals surface area contributed by atoms with E-state index in [4.69, 9.17) is 4.42 Å². The Labute approximate surface area is 182 Å². The smallest absolute Gasteiger partial charge is 0.144 e. The monoisotopic (exact) mass is 403 g/mol. The van der Waals surface area contributed by atoms with Crippen LogP contribution in [0.3, 0.4) is 0 Å². The van der Waals surface area contributed by atoms with Crippen molar-refractivity contribution in [1.82, 2.24) is 4.98 Å². The second kappa shape index (κ2) is 6.31. The molecule has 2 heteroatoms. The van der Waals surface area contributed by atoms with Crippen LogP contribution in [0.15, 0.2) is 77.3 Å². The van der Waals surface area contributed by atoms with Crippen LogP contribution in [-0.2, 0) is 5.41 Å². The first-order chi connectivity index (χ1) is 14.9. The summed E-state index contributed by atoms with van der Waals surface area (Å²) in [6.45, 7) is 9.06. The van der Waals surface area contributed by atoms with Crippen LogP contribution in [0, 0.1) is 0 Å². The van der Waals surface area contributed by atoms with Gasteiger partial charge in [0.25, 0.3) is 0 Å². The predicted octanol–water partition coefficient (Wildman–Crippen LogP) is 8.08. The van der Waals surface area contributed by atoms with Crippen molar-refractivity contribution in [3.63, 3.8) is 0 Å². The molecule has 1 aliphatic rings. The number of furan rings is 1. The van der Waals surface area contributed by atoms with Crippen molar-refractivity contribution < 1.29 is 4.42 Å². The molecule has 6 rings (SSSR count). The maximum Gasteiger partial charge on any atom is 0.144 e. The van der Waals surface area contributed by atoms with Gasteiger partial charge in [-0.1, -0.05) is 64.1 Å². The summed E-state index contributed by atoms with van der Waals surface area (Å²) in [4.78, 5) is 4.67. The van der Waals surface area contributed by atoms with Crippen LogP contribution in [0.5, 0.6) is 0 Å². The number of benzene rings is 3. The van der Waals surface area contributed by atoms with Gasteiger partial charge in [-0.05, 0) is 64.1 Å². The highest BCUT2D eigenvalue weighted by Gasteiger charge is 2.36. The molecule has 0 fully saturated rings. The van der Waals surface area contributed by atoms with E-state index in [0.717, 1.165) is 27.8 Å². The van der Waals surface area contributed by atoms with Crippen LogP contribution in [0.2, 0.25) is 0 Å². The number of nitrogens with zero attached hydrogens (tertiary/aromatic N) is 1. The van der Waals surface area contributed by atoms with Crippen molar-refractivity contribution in [2.45, 2.75) is 39.0 Å². The third kappa shape index (κ3) is 2.54. The van der Waals surface area contributed by atoms with Gasteiger partial charge < -0.3 is 4.42 Å². The number of para-hydroxylation sites is 1. The first kappa shape index (κ1) is 18.4. The van der Waals surface area contributed by atoms with Gasteiger partial charge in [0, 0.05) is 27.9 Å². The van der Waals surface area contributed by atoms with Gasteiger partial charge in [-0.25, -0.2) is 0 Å². The molecule has 0 spiro atoms. The fraction of sp³-hybridized carbons (Fsp3) is 0.207. The summed E-state index contributed by atoms with van der Waals surface area (Å²) in [6, 6.07) is 24.0. The summed E-state index contributed by atoms with van der Waals surface area (Å²) in [7, 11) is 0. The average Bonchev–Trinajstić information content (AvgIpc) is 3.25. The van der Waals surface area contributed by atoms with Gasteiger partial charge in [0.2, 0.25) is 0 Å². The lowest BCUT2D eigenvalue weighted by Crippen LogP contribution is -2.14. The topological polar surface area (TPSA) is 26.0 Å². The van der Waals surface area contributed by atoms with E-state index in [0.29, 0.717) is 5.92 Å². The molecule has 2 nitrogen and oxygen atoms in total. The van der Waals surface area contributed by atoms with Gasteiger partial charge in [0.15, 0.2) is 0 Å². The molecule has 2 aromatic heterocycles. The van der Waals surface area contributed by atoms with Crippen molar-refractivity contribution in [2.24, 2.45) is 0 Å². The zero-order valence-electron chi connectivity index (χ0n) is 18.4. The molecule has 0 atom stereocenters. The van der Waals surface area contributed by atoms with E-state index in [1.165, 1.54) is 33.2 Å². The standard InChI is InChI=1S/C29H25NO/c1-17(2)18-12-13-30-26(14-18)21-10-7-9-20-23-15-25-22(16-27(23)31-28(20)21)19-8-5-6-11-24(19)29(25,3)4/h5-17H,1-4H3. The Kier molecular flexibility index (Phi) is 3.74. The zero-order chi connectivity index (χ0) is 21.3. The van der Waals surface area contributed by atoms with Crippen molar-refractivity contribution >= 4 is 21.9 Å². The van der Waals surface area contributed by atoms with E-state index >= 15 is 0 Å². The minimum absolute atomic E-state index is 0.0194. The van der Waals surface area contributed by atoms with Gasteiger partial charge in [-0.3, -0.25) is 4.98 Å². The van der Waals surface area contributed by atoms with Gasteiger partial charge in [-0.2, -0.15) is 0 Å². The van der Waals surface area contributed by atoms with Crippen molar-refractivity contribution in [3.8, 4) is 22.4 Å². The van der Waals surface area contributed by atoms with Gasteiger partial charge >= 0.3 is 0 Å². The molecule has 5 aromatic rings. The molecular weight excluding hydrogens is 378 g/mol. The third-order valence-corrected chi connectivity index (χ3v) is 6.93. The fourth-order valence-corrected chi connectivity index (χ4v) is 5.15. The number of rotatable bonds is 2. The summed E-state index contributed by atoms with van der Waals surface area (Å²) in [5, 5.41) is 2.33. The first-order valence-corrected chi connectivity index (χ1v) is 11.0. The number of fused-ring (bicyclic) bond motifs is 6. The van der Waals surface area contributed by atoms with E-state index in [9.17, 15) is 0 Å². The molecule has 152 valence electrons. The van der Waals surface area contributed by atoms with Crippen LogP contribution in [-0.4, -0.2) is 4.98 Å². The summed E-state index contributed by atoms with van der Waals surface area (Å²) < 4.78 is 6.51. The fourth-order valence-electron chi connectivity index (χ4n) is 5.15. The molecule has 1 aliphatic carbocycles. The van der Waals surface area contributed by atoms with Crippen molar-refractivity contribution in [1.29, 1.82) is 0 Å². The minimum atomic E-state index is -0.0194. The molecular formula is C29H25NO. The predicted molar refractivity (Wildman–Crippen MR) is 129 cm³/mol. The van der Waals surface area contributed by atoms with Crippen molar-refractivity contribution in [3.05, 3.63) is 89.6 Å². The molecule has 0 amide bonds. The first-order valence-electron chi connectivity index (χ1n) is 11.0. The Morgan fingerprint density at radius 1 is 0.774 bits per heavy atom. The Morgan fingerprint density at radius 2 is 1.58 bits per heavy atom. The summed E-state index contributed by atoms with van der Waals surface area (Å²) >= 11 is 0. The van der Waals surface area contributed by atoms with Gasteiger partial charge in [0.1, 0.15) is 11.2 Å². The third-order valence-electron chi connectivity index (χ3n) is 6.93. The highest BCUT2D eigenvalue weighted by atomic mass is 16.3. The Balaban J connectivity index is 1.63. The summed E-state index contributed by atoms with van der Waals surface area (Å²) in [5.41, 5.74) is 10.5. The van der Waals surface area contributed by atoms with Crippen LogP contribution in [0.4, 0.5) is 0 Å². The van der Waals surface area contributed by atoms with Crippen molar-refractivity contribution in [2.75, 3.05) is 0 Å². The highest BCUT2D eigenvalue weighted by molar-refractivity contribution is 6.11. The molecule has 0 aliphatic heterocycles. The summed E-state index contributed by atoms with van der Waals surface area (Å²) in [5.74, 6) is 0.460. The Hall–Kier alpha value is -3.39. The largest absolute Gasteiger partial charge is 0.455 e. The maximum atomic E-state index is 6.51. The highest BCUT2D eigenvalue weighted by Crippen LogP contribution is 2.51. The molecule has 31 heavy (non-hydrogen) atoms. The molecule has 2 heterocycles. The van der Waals surface area contributed by atoms with E-state index < -0.39 is 0 Å². The lowest BCUT2D eigenvalue weighted by molar-refractivity contribution is 0.658.